The second-order valence-electron chi connectivity index (χ2n) is 2.41. The molecular formula is C6H10N2O3. The molecular weight excluding hydrogens is 148 g/mol. The molecule has 11 heavy (non-hydrogen) atoms. The molecule has 0 aromatic carbocycles. The Hall–Kier alpha value is -1.10. The molecule has 1 aliphatic heterocycles. The van der Waals surface area contributed by atoms with Crippen LogP contribution in [0.25, 0.3) is 0 Å². The third-order valence-corrected chi connectivity index (χ3v) is 1.59. The molecule has 0 spiro atoms. The molecule has 1 fully saturated rings. The molecule has 1 aliphatic rings. The van der Waals surface area contributed by atoms with Crippen LogP contribution in [0.4, 0.5) is 0 Å². The number of rotatable bonds is 1. The van der Waals surface area contributed by atoms with E-state index < -0.39 is 12.0 Å². The molecule has 0 unspecified atom stereocenters. The molecule has 1 amide bonds. The minimum absolute atomic E-state index is 0.0961. The van der Waals surface area contributed by atoms with Crippen molar-refractivity contribution in [1.29, 1.82) is 0 Å². The number of aliphatic carboxylic acids is 1. The fraction of sp³-hybridized carbons (Fsp3) is 0.667. The molecule has 0 radical (unpaired) electrons. The van der Waals surface area contributed by atoms with E-state index in [1.807, 2.05) is 0 Å². The van der Waals surface area contributed by atoms with Crippen molar-refractivity contribution in [3.8, 4) is 0 Å². The van der Waals surface area contributed by atoms with Crippen LogP contribution >= 0.6 is 0 Å². The van der Waals surface area contributed by atoms with Gasteiger partial charge in [0.1, 0.15) is 6.04 Å². The number of hydrogen-bond acceptors (Lipinski definition) is 3. The average Bonchev–Trinajstić information content (AvgIpc) is 2.13. The largest absolute Gasteiger partial charge is 0.480 e. The zero-order valence-electron chi connectivity index (χ0n) is 5.96. The predicted molar refractivity (Wildman–Crippen MR) is 36.8 cm³/mol. The number of carbonyl (C=O) groups is 2. The van der Waals surface area contributed by atoms with Gasteiger partial charge in [-0.2, -0.15) is 0 Å². The molecule has 0 saturated carbocycles. The van der Waals surface area contributed by atoms with Crippen molar-refractivity contribution in [3.63, 3.8) is 0 Å². The lowest BCUT2D eigenvalue weighted by atomic mass is 10.1. The SMILES string of the molecule is O=C1CC[C@@H](C(=O)O)NCN1. The van der Waals surface area contributed by atoms with E-state index in [0.717, 1.165) is 0 Å². The molecule has 1 heterocycles. The van der Waals surface area contributed by atoms with Gasteiger partial charge in [-0.3, -0.25) is 14.9 Å². The Morgan fingerprint density at radius 2 is 2.36 bits per heavy atom. The van der Waals surface area contributed by atoms with Crippen LogP contribution in [0.3, 0.4) is 0 Å². The van der Waals surface area contributed by atoms with E-state index in [2.05, 4.69) is 10.6 Å². The molecule has 0 aliphatic carbocycles. The van der Waals surface area contributed by atoms with Gasteiger partial charge in [-0.15, -0.1) is 0 Å². The maximum absolute atomic E-state index is 10.7. The Kier molecular flexibility index (Phi) is 2.43. The third kappa shape index (κ3) is 2.19. The van der Waals surface area contributed by atoms with Crippen LogP contribution in [0.1, 0.15) is 12.8 Å². The van der Waals surface area contributed by atoms with Crippen LogP contribution in [-0.4, -0.2) is 29.7 Å². The highest BCUT2D eigenvalue weighted by Gasteiger charge is 2.20. The van der Waals surface area contributed by atoms with Gasteiger partial charge in [0, 0.05) is 6.42 Å². The average molecular weight is 158 g/mol. The van der Waals surface area contributed by atoms with E-state index in [9.17, 15) is 9.59 Å². The predicted octanol–water partition coefficient (Wildman–Crippen LogP) is -1.10. The van der Waals surface area contributed by atoms with Crippen LogP contribution in [0, 0.1) is 0 Å². The summed E-state index contributed by atoms with van der Waals surface area (Å²) in [7, 11) is 0. The maximum Gasteiger partial charge on any atom is 0.320 e. The molecule has 0 aromatic heterocycles. The standard InChI is InChI=1S/C6H10N2O3/c9-5-2-1-4(6(10)11)7-3-8-5/h4,7H,1-3H2,(H,8,9)(H,10,11)/t4-/m0/s1. The fourth-order valence-corrected chi connectivity index (χ4v) is 0.949. The number of carbonyl (C=O) groups excluding carboxylic acids is 1. The Morgan fingerprint density at radius 1 is 1.64 bits per heavy atom. The first-order valence-corrected chi connectivity index (χ1v) is 3.43. The van der Waals surface area contributed by atoms with Gasteiger partial charge >= 0.3 is 5.97 Å². The smallest absolute Gasteiger partial charge is 0.320 e. The molecule has 0 bridgehead atoms. The summed E-state index contributed by atoms with van der Waals surface area (Å²) in [6.07, 6.45) is 0.644. The van der Waals surface area contributed by atoms with Crippen molar-refractivity contribution in [3.05, 3.63) is 0 Å². The van der Waals surface area contributed by atoms with E-state index in [0.29, 0.717) is 6.42 Å². The number of amides is 1. The fourth-order valence-electron chi connectivity index (χ4n) is 0.949. The Balaban J connectivity index is 2.46. The first-order chi connectivity index (χ1) is 5.20. The van der Waals surface area contributed by atoms with Gasteiger partial charge in [0.25, 0.3) is 0 Å². The second-order valence-corrected chi connectivity index (χ2v) is 2.41. The summed E-state index contributed by atoms with van der Waals surface area (Å²) in [6.45, 7) is 0.246. The molecule has 1 saturated heterocycles. The lowest BCUT2D eigenvalue weighted by molar-refractivity contribution is -0.139. The van der Waals surface area contributed by atoms with Crippen molar-refractivity contribution in [2.45, 2.75) is 18.9 Å². The lowest BCUT2D eigenvalue weighted by Crippen LogP contribution is -2.39. The van der Waals surface area contributed by atoms with Crippen LogP contribution in [0.2, 0.25) is 0 Å². The maximum atomic E-state index is 10.7. The molecule has 5 nitrogen and oxygen atoms in total. The lowest BCUT2D eigenvalue weighted by Gasteiger charge is -2.07. The van der Waals surface area contributed by atoms with Gasteiger partial charge in [0.2, 0.25) is 5.91 Å². The monoisotopic (exact) mass is 158 g/mol. The Morgan fingerprint density at radius 3 is 3.00 bits per heavy atom. The van der Waals surface area contributed by atoms with E-state index in [4.69, 9.17) is 5.11 Å². The number of carboxylic acid groups (broad SMARTS) is 1. The zero-order valence-corrected chi connectivity index (χ0v) is 5.96. The minimum atomic E-state index is -0.901. The molecule has 0 aromatic rings. The summed E-state index contributed by atoms with van der Waals surface area (Å²) >= 11 is 0. The number of nitrogens with one attached hydrogen (secondary N) is 2. The summed E-state index contributed by atoms with van der Waals surface area (Å²) < 4.78 is 0. The van der Waals surface area contributed by atoms with Crippen LogP contribution in [0.5, 0.6) is 0 Å². The minimum Gasteiger partial charge on any atom is -0.480 e. The highest BCUT2D eigenvalue weighted by Crippen LogP contribution is 1.99. The number of hydrogen-bond donors (Lipinski definition) is 3. The van der Waals surface area contributed by atoms with Gasteiger partial charge in [0.05, 0.1) is 6.67 Å². The third-order valence-electron chi connectivity index (χ3n) is 1.59. The van der Waals surface area contributed by atoms with Gasteiger partial charge in [-0.25, -0.2) is 0 Å². The highest BCUT2D eigenvalue weighted by atomic mass is 16.4. The summed E-state index contributed by atoms with van der Waals surface area (Å²) in [5.74, 6) is -0.997. The van der Waals surface area contributed by atoms with Crippen molar-refractivity contribution in [2.24, 2.45) is 0 Å². The number of carboxylic acids is 1. The van der Waals surface area contributed by atoms with E-state index in [-0.39, 0.29) is 19.0 Å². The molecule has 5 heteroatoms. The van der Waals surface area contributed by atoms with Crippen molar-refractivity contribution >= 4 is 11.9 Å². The summed E-state index contributed by atoms with van der Waals surface area (Å²) in [5.41, 5.74) is 0. The van der Waals surface area contributed by atoms with Crippen molar-refractivity contribution < 1.29 is 14.7 Å². The molecule has 1 atom stereocenters. The Labute approximate surface area is 63.8 Å². The summed E-state index contributed by atoms with van der Waals surface area (Å²) in [5, 5.41) is 13.7. The summed E-state index contributed by atoms with van der Waals surface area (Å²) in [4.78, 5) is 21.1. The highest BCUT2D eigenvalue weighted by molar-refractivity contribution is 5.79. The quantitative estimate of drug-likeness (QED) is 0.452. The summed E-state index contributed by atoms with van der Waals surface area (Å²) in [6, 6.07) is -0.589. The van der Waals surface area contributed by atoms with Gasteiger partial charge in [-0.1, -0.05) is 0 Å². The zero-order chi connectivity index (χ0) is 8.27. The topological polar surface area (TPSA) is 78.4 Å². The van der Waals surface area contributed by atoms with Crippen LogP contribution in [0.15, 0.2) is 0 Å². The van der Waals surface area contributed by atoms with Gasteiger partial charge in [-0.05, 0) is 6.42 Å². The second kappa shape index (κ2) is 3.34. The van der Waals surface area contributed by atoms with Crippen LogP contribution in [-0.2, 0) is 9.59 Å². The first kappa shape index (κ1) is 8.00. The normalized spacial score (nSPS) is 25.5. The van der Waals surface area contributed by atoms with E-state index in [1.165, 1.54) is 0 Å². The van der Waals surface area contributed by atoms with Crippen LogP contribution < -0.4 is 10.6 Å². The van der Waals surface area contributed by atoms with Gasteiger partial charge < -0.3 is 10.4 Å². The van der Waals surface area contributed by atoms with E-state index >= 15 is 0 Å². The van der Waals surface area contributed by atoms with Crippen molar-refractivity contribution in [2.75, 3.05) is 6.67 Å². The van der Waals surface area contributed by atoms with E-state index in [1.54, 1.807) is 0 Å². The molecule has 3 N–H and O–H groups in total. The van der Waals surface area contributed by atoms with Crippen molar-refractivity contribution in [1.82, 2.24) is 10.6 Å². The molecule has 62 valence electrons. The Bertz CT molecular complexity index is 181. The molecule has 1 rings (SSSR count). The first-order valence-electron chi connectivity index (χ1n) is 3.43. The van der Waals surface area contributed by atoms with Gasteiger partial charge in [0.15, 0.2) is 0 Å².